The number of nitrogens with one attached hydrogen (secondary N) is 1. The summed E-state index contributed by atoms with van der Waals surface area (Å²) in [6.45, 7) is 2.04. The van der Waals surface area contributed by atoms with Crippen LogP contribution < -0.4 is 5.32 Å². The van der Waals surface area contributed by atoms with E-state index in [0.29, 0.717) is 11.1 Å². The first-order chi connectivity index (χ1) is 14.7. The molecule has 4 aromatic rings. The van der Waals surface area contributed by atoms with Gasteiger partial charge in [0, 0.05) is 23.3 Å². The molecule has 2 amide bonds. The molecule has 5 heteroatoms. The molecule has 0 spiro atoms. The summed E-state index contributed by atoms with van der Waals surface area (Å²) in [7, 11) is 0. The number of pyridine rings is 1. The molecule has 5 rings (SSSR count). The van der Waals surface area contributed by atoms with Crippen LogP contribution in [0.1, 0.15) is 23.6 Å². The minimum atomic E-state index is -0.366. The minimum absolute atomic E-state index is 0.353. The van der Waals surface area contributed by atoms with Gasteiger partial charge in [0.05, 0.1) is 28.5 Å². The molecule has 1 N–H and O–H groups in total. The van der Waals surface area contributed by atoms with Gasteiger partial charge in [-0.3, -0.25) is 19.9 Å². The van der Waals surface area contributed by atoms with Crippen LogP contribution in [0.4, 0.5) is 0 Å². The van der Waals surface area contributed by atoms with Crippen molar-refractivity contribution in [2.24, 2.45) is 0 Å². The van der Waals surface area contributed by atoms with E-state index in [2.05, 4.69) is 10.3 Å². The van der Waals surface area contributed by atoms with Gasteiger partial charge in [-0.25, -0.2) is 0 Å². The first-order valence-electron chi connectivity index (χ1n) is 9.88. The van der Waals surface area contributed by atoms with Crippen molar-refractivity contribution in [1.82, 2.24) is 14.9 Å². The summed E-state index contributed by atoms with van der Waals surface area (Å²) in [4.78, 5) is 30.0. The number of fused-ring (bicyclic) bond motifs is 1. The van der Waals surface area contributed by atoms with Gasteiger partial charge in [0.15, 0.2) is 0 Å². The quantitative estimate of drug-likeness (QED) is 0.530. The second-order valence-corrected chi connectivity index (χ2v) is 7.19. The van der Waals surface area contributed by atoms with Crippen LogP contribution in [0.25, 0.3) is 27.7 Å². The lowest BCUT2D eigenvalue weighted by atomic mass is 9.92. The minimum Gasteiger partial charge on any atom is -0.314 e. The van der Waals surface area contributed by atoms with Crippen molar-refractivity contribution in [2.75, 3.05) is 0 Å². The zero-order valence-corrected chi connectivity index (χ0v) is 16.4. The van der Waals surface area contributed by atoms with Crippen LogP contribution >= 0.6 is 0 Å². The molecule has 2 aromatic heterocycles. The Kier molecular flexibility index (Phi) is 4.29. The van der Waals surface area contributed by atoms with Crippen molar-refractivity contribution in [3.8, 4) is 5.69 Å². The summed E-state index contributed by atoms with van der Waals surface area (Å²) >= 11 is 0. The van der Waals surface area contributed by atoms with E-state index in [0.717, 1.165) is 39.7 Å². The lowest BCUT2D eigenvalue weighted by molar-refractivity contribution is -0.122. The zero-order chi connectivity index (χ0) is 20.7. The molecule has 146 valence electrons. The molecule has 0 fully saturated rings. The Morgan fingerprint density at radius 1 is 0.867 bits per heavy atom. The monoisotopic (exact) mass is 393 g/mol. The van der Waals surface area contributed by atoms with Crippen LogP contribution in [0.5, 0.6) is 0 Å². The number of aromatic nitrogens is 2. The van der Waals surface area contributed by atoms with E-state index in [4.69, 9.17) is 0 Å². The number of para-hydroxylation sites is 1. The van der Waals surface area contributed by atoms with Crippen molar-refractivity contribution < 1.29 is 9.59 Å². The van der Waals surface area contributed by atoms with Crippen molar-refractivity contribution in [3.05, 3.63) is 95.9 Å². The summed E-state index contributed by atoms with van der Waals surface area (Å²) in [6, 6.07) is 19.5. The lowest BCUT2D eigenvalue weighted by Crippen LogP contribution is -2.22. The number of rotatable bonds is 4. The van der Waals surface area contributed by atoms with E-state index in [9.17, 15) is 9.59 Å². The molecule has 0 unspecified atom stereocenters. The highest BCUT2D eigenvalue weighted by atomic mass is 16.2. The number of amides is 2. The zero-order valence-electron chi connectivity index (χ0n) is 16.4. The van der Waals surface area contributed by atoms with Crippen molar-refractivity contribution >= 4 is 33.9 Å². The van der Waals surface area contributed by atoms with E-state index in [1.54, 1.807) is 12.4 Å². The van der Waals surface area contributed by atoms with Crippen LogP contribution in [0.3, 0.4) is 0 Å². The molecule has 0 bridgehead atoms. The predicted octanol–water partition coefficient (Wildman–Crippen LogP) is 4.16. The Hall–Kier alpha value is -3.99. The molecule has 2 aromatic carbocycles. The fourth-order valence-electron chi connectivity index (χ4n) is 4.13. The van der Waals surface area contributed by atoms with Gasteiger partial charge in [-0.2, -0.15) is 0 Å². The molecule has 0 atom stereocenters. The lowest BCUT2D eigenvalue weighted by Gasteiger charge is -2.09. The standard InChI is InChI=1S/C25H19N3O2/c1-2-16-8-3-4-10-18(16)22-23(25(30)27-24(22)29)20-15-28(17-9-7-13-26-14-17)21-12-6-5-11-19(20)21/h3-15H,2H2,1H3,(H,27,29,30). The summed E-state index contributed by atoms with van der Waals surface area (Å²) in [5.41, 5.74) is 5.26. The summed E-state index contributed by atoms with van der Waals surface area (Å²) in [5, 5.41) is 3.42. The Balaban J connectivity index is 1.83. The summed E-state index contributed by atoms with van der Waals surface area (Å²) < 4.78 is 2.00. The smallest absolute Gasteiger partial charge is 0.259 e. The Morgan fingerprint density at radius 2 is 1.60 bits per heavy atom. The molecule has 0 saturated heterocycles. The van der Waals surface area contributed by atoms with E-state index in [-0.39, 0.29) is 11.8 Å². The number of aryl methyl sites for hydroxylation is 1. The van der Waals surface area contributed by atoms with E-state index >= 15 is 0 Å². The van der Waals surface area contributed by atoms with Gasteiger partial charge in [-0.1, -0.05) is 49.4 Å². The Bertz CT molecular complexity index is 1330. The Labute approximate surface area is 173 Å². The Morgan fingerprint density at radius 3 is 2.37 bits per heavy atom. The maximum absolute atomic E-state index is 12.9. The van der Waals surface area contributed by atoms with Gasteiger partial charge in [0.1, 0.15) is 0 Å². The first kappa shape index (κ1) is 18.1. The normalized spacial score (nSPS) is 13.9. The van der Waals surface area contributed by atoms with Gasteiger partial charge < -0.3 is 4.57 Å². The summed E-state index contributed by atoms with van der Waals surface area (Å²) in [6.07, 6.45) is 6.19. The number of nitrogens with zero attached hydrogens (tertiary/aromatic N) is 2. The first-order valence-corrected chi connectivity index (χ1v) is 9.88. The third kappa shape index (κ3) is 2.75. The number of hydrogen-bond donors (Lipinski definition) is 1. The van der Waals surface area contributed by atoms with E-state index in [1.165, 1.54) is 0 Å². The number of hydrogen-bond acceptors (Lipinski definition) is 3. The molecule has 0 saturated carbocycles. The molecular weight excluding hydrogens is 374 g/mol. The van der Waals surface area contributed by atoms with Crippen LogP contribution in [0.2, 0.25) is 0 Å². The van der Waals surface area contributed by atoms with Crippen molar-refractivity contribution in [3.63, 3.8) is 0 Å². The third-order valence-corrected chi connectivity index (χ3v) is 5.50. The fourth-order valence-corrected chi connectivity index (χ4v) is 4.13. The molecule has 3 heterocycles. The van der Waals surface area contributed by atoms with Gasteiger partial charge in [0.25, 0.3) is 11.8 Å². The average Bonchev–Trinajstić information content (AvgIpc) is 3.30. The second-order valence-electron chi connectivity index (χ2n) is 7.19. The third-order valence-electron chi connectivity index (χ3n) is 5.50. The highest BCUT2D eigenvalue weighted by Crippen LogP contribution is 2.37. The molecular formula is C25H19N3O2. The maximum atomic E-state index is 12.9. The van der Waals surface area contributed by atoms with Crippen molar-refractivity contribution in [1.29, 1.82) is 0 Å². The number of carbonyl (C=O) groups is 2. The SMILES string of the molecule is CCc1ccccc1C1=C(c2cn(-c3cccnc3)c3ccccc23)C(=O)NC1=O. The number of benzene rings is 2. The highest BCUT2D eigenvalue weighted by molar-refractivity contribution is 6.50. The maximum Gasteiger partial charge on any atom is 0.259 e. The van der Waals surface area contributed by atoms with Gasteiger partial charge in [-0.15, -0.1) is 0 Å². The predicted molar refractivity (Wildman–Crippen MR) is 117 cm³/mol. The molecule has 1 aliphatic rings. The topological polar surface area (TPSA) is 64.0 Å². The van der Waals surface area contributed by atoms with E-state index in [1.807, 2.05) is 78.4 Å². The average molecular weight is 393 g/mol. The molecule has 1 aliphatic heterocycles. The van der Waals surface area contributed by atoms with Crippen LogP contribution in [-0.2, 0) is 16.0 Å². The summed E-state index contributed by atoms with van der Waals surface area (Å²) in [5.74, 6) is -0.718. The molecule has 5 nitrogen and oxygen atoms in total. The highest BCUT2D eigenvalue weighted by Gasteiger charge is 2.34. The largest absolute Gasteiger partial charge is 0.314 e. The number of imide groups is 1. The van der Waals surface area contributed by atoms with Crippen LogP contribution in [0, 0.1) is 0 Å². The fraction of sp³-hybridized carbons (Fsp3) is 0.0800. The number of carbonyl (C=O) groups excluding carboxylic acids is 2. The molecule has 30 heavy (non-hydrogen) atoms. The van der Waals surface area contributed by atoms with Crippen LogP contribution in [0.15, 0.2) is 79.3 Å². The van der Waals surface area contributed by atoms with Gasteiger partial charge in [-0.05, 0) is 35.7 Å². The molecule has 0 radical (unpaired) electrons. The van der Waals surface area contributed by atoms with E-state index < -0.39 is 0 Å². The van der Waals surface area contributed by atoms with Gasteiger partial charge >= 0.3 is 0 Å². The van der Waals surface area contributed by atoms with Crippen LogP contribution in [-0.4, -0.2) is 21.4 Å². The molecule has 0 aliphatic carbocycles. The van der Waals surface area contributed by atoms with Crippen molar-refractivity contribution in [2.45, 2.75) is 13.3 Å². The van der Waals surface area contributed by atoms with Gasteiger partial charge in [0.2, 0.25) is 0 Å². The second kappa shape index (κ2) is 7.12.